The topological polar surface area (TPSA) is 54.5 Å². The van der Waals surface area contributed by atoms with Crippen molar-refractivity contribution in [3.05, 3.63) is 34.3 Å². The van der Waals surface area contributed by atoms with Crippen molar-refractivity contribution in [2.75, 3.05) is 6.54 Å². The van der Waals surface area contributed by atoms with E-state index in [0.29, 0.717) is 0 Å². The molecular formula is C12H13BrClNO3S. The Morgan fingerprint density at radius 2 is 2.16 bits per heavy atom. The number of nitrogens with zero attached hydrogens (tertiary/aromatic N) is 1. The average molecular weight is 367 g/mol. The van der Waals surface area contributed by atoms with Crippen molar-refractivity contribution in [3.63, 3.8) is 0 Å². The third-order valence-corrected chi connectivity index (χ3v) is 5.68. The van der Waals surface area contributed by atoms with Crippen molar-refractivity contribution < 1.29 is 13.2 Å². The van der Waals surface area contributed by atoms with Crippen LogP contribution in [0.3, 0.4) is 0 Å². The van der Waals surface area contributed by atoms with E-state index in [1.165, 1.54) is 0 Å². The Labute approximate surface area is 125 Å². The Bertz CT molecular complexity index is 605. The van der Waals surface area contributed by atoms with E-state index >= 15 is 0 Å². The minimum absolute atomic E-state index is 0.0375. The molecule has 2 rings (SSSR count). The third kappa shape index (κ3) is 3.30. The Morgan fingerprint density at radius 1 is 1.47 bits per heavy atom. The zero-order valence-electron chi connectivity index (χ0n) is 10.2. The van der Waals surface area contributed by atoms with E-state index in [-0.39, 0.29) is 24.9 Å². The van der Waals surface area contributed by atoms with Crippen LogP contribution in [0.5, 0.6) is 0 Å². The van der Waals surface area contributed by atoms with Crippen LogP contribution in [0.1, 0.15) is 24.9 Å². The molecule has 0 N–H and O–H groups in total. The van der Waals surface area contributed by atoms with Crippen molar-refractivity contribution in [2.45, 2.75) is 24.6 Å². The monoisotopic (exact) mass is 365 g/mol. The van der Waals surface area contributed by atoms with E-state index in [4.69, 9.17) is 10.7 Å². The minimum Gasteiger partial charge on any atom is -0.335 e. The van der Waals surface area contributed by atoms with Gasteiger partial charge in [0.1, 0.15) is 5.25 Å². The van der Waals surface area contributed by atoms with Crippen molar-refractivity contribution >= 4 is 41.6 Å². The number of hydrogen-bond acceptors (Lipinski definition) is 3. The highest BCUT2D eigenvalue weighted by Crippen LogP contribution is 2.30. The lowest BCUT2D eigenvalue weighted by molar-refractivity contribution is -0.129. The first-order valence-corrected chi connectivity index (χ1v) is 8.94. The van der Waals surface area contributed by atoms with Crippen molar-refractivity contribution in [3.8, 4) is 0 Å². The first-order chi connectivity index (χ1) is 8.79. The van der Waals surface area contributed by atoms with Crippen LogP contribution in [0.2, 0.25) is 0 Å². The van der Waals surface area contributed by atoms with Crippen LogP contribution in [-0.4, -0.2) is 31.0 Å². The summed E-state index contributed by atoms with van der Waals surface area (Å²) in [4.78, 5) is 13.5. The largest absolute Gasteiger partial charge is 0.335 e. The highest BCUT2D eigenvalue weighted by molar-refractivity contribution is 9.10. The van der Waals surface area contributed by atoms with Gasteiger partial charge in [-0.15, -0.1) is 0 Å². The summed E-state index contributed by atoms with van der Waals surface area (Å²) >= 11 is 3.38. The van der Waals surface area contributed by atoms with Gasteiger partial charge in [-0.2, -0.15) is 0 Å². The molecule has 19 heavy (non-hydrogen) atoms. The number of carbonyl (C=O) groups is 1. The summed E-state index contributed by atoms with van der Waals surface area (Å²) in [5.74, 6) is -0.179. The van der Waals surface area contributed by atoms with E-state index in [2.05, 4.69) is 15.9 Å². The maximum atomic E-state index is 11.9. The molecule has 7 heteroatoms. The molecule has 0 spiro atoms. The van der Waals surface area contributed by atoms with Gasteiger partial charge < -0.3 is 4.90 Å². The van der Waals surface area contributed by atoms with Gasteiger partial charge in [-0.05, 0) is 24.6 Å². The first kappa shape index (κ1) is 14.8. The van der Waals surface area contributed by atoms with Gasteiger partial charge in [0, 0.05) is 28.1 Å². The van der Waals surface area contributed by atoms with Gasteiger partial charge in [0.2, 0.25) is 15.0 Å². The van der Waals surface area contributed by atoms with Crippen LogP contribution in [-0.2, 0) is 13.8 Å². The summed E-state index contributed by atoms with van der Waals surface area (Å²) in [6.45, 7) is 2.03. The predicted molar refractivity (Wildman–Crippen MR) is 77.4 cm³/mol. The number of halogens is 2. The highest BCUT2D eigenvalue weighted by atomic mass is 79.9. The molecule has 1 aromatic rings. The molecule has 1 fully saturated rings. The van der Waals surface area contributed by atoms with Crippen LogP contribution < -0.4 is 0 Å². The fraction of sp³-hybridized carbons (Fsp3) is 0.417. The maximum Gasteiger partial charge on any atom is 0.237 e. The van der Waals surface area contributed by atoms with Gasteiger partial charge in [-0.3, -0.25) is 4.79 Å². The van der Waals surface area contributed by atoms with Crippen molar-refractivity contribution in [2.24, 2.45) is 0 Å². The smallest absolute Gasteiger partial charge is 0.237 e. The van der Waals surface area contributed by atoms with Crippen LogP contribution in [0.25, 0.3) is 0 Å². The molecule has 0 aliphatic carbocycles. The Hall–Kier alpha value is -0.590. The predicted octanol–water partition coefficient (Wildman–Crippen LogP) is 2.68. The van der Waals surface area contributed by atoms with E-state index in [0.717, 1.165) is 10.0 Å². The number of amides is 1. The number of carbonyl (C=O) groups excluding carboxylic acids is 1. The molecular weight excluding hydrogens is 354 g/mol. The van der Waals surface area contributed by atoms with Gasteiger partial charge in [-0.25, -0.2) is 8.42 Å². The molecule has 4 nitrogen and oxygen atoms in total. The summed E-state index contributed by atoms with van der Waals surface area (Å²) in [5.41, 5.74) is 0.954. The summed E-state index contributed by atoms with van der Waals surface area (Å²) < 4.78 is 23.6. The van der Waals surface area contributed by atoms with Gasteiger partial charge >= 0.3 is 0 Å². The zero-order valence-corrected chi connectivity index (χ0v) is 13.4. The molecule has 0 bridgehead atoms. The quantitative estimate of drug-likeness (QED) is 0.773. The number of hydrogen-bond donors (Lipinski definition) is 0. The molecule has 1 aliphatic heterocycles. The Morgan fingerprint density at radius 3 is 2.68 bits per heavy atom. The van der Waals surface area contributed by atoms with Crippen LogP contribution in [0.4, 0.5) is 0 Å². The Balaban J connectivity index is 2.21. The van der Waals surface area contributed by atoms with E-state index < -0.39 is 14.3 Å². The second kappa shape index (κ2) is 5.42. The molecule has 1 heterocycles. The summed E-state index contributed by atoms with van der Waals surface area (Å²) in [7, 11) is 1.64. The maximum absolute atomic E-state index is 11.9. The van der Waals surface area contributed by atoms with Gasteiger partial charge in [-0.1, -0.05) is 28.1 Å². The molecule has 0 radical (unpaired) electrons. The van der Waals surface area contributed by atoms with E-state index in [9.17, 15) is 13.2 Å². The van der Waals surface area contributed by atoms with Crippen LogP contribution >= 0.6 is 26.6 Å². The van der Waals surface area contributed by atoms with E-state index in [1.807, 2.05) is 31.2 Å². The molecule has 2 unspecified atom stereocenters. The van der Waals surface area contributed by atoms with Crippen molar-refractivity contribution in [1.29, 1.82) is 0 Å². The molecule has 0 saturated carbocycles. The fourth-order valence-corrected chi connectivity index (χ4v) is 3.66. The number of benzene rings is 1. The van der Waals surface area contributed by atoms with Gasteiger partial charge in [0.05, 0.1) is 6.04 Å². The lowest BCUT2D eigenvalue weighted by atomic mass is 10.1. The molecule has 2 atom stereocenters. The van der Waals surface area contributed by atoms with E-state index in [1.54, 1.807) is 4.90 Å². The van der Waals surface area contributed by atoms with Crippen molar-refractivity contribution in [1.82, 2.24) is 4.90 Å². The summed E-state index contributed by atoms with van der Waals surface area (Å²) in [6, 6.07) is 7.43. The summed E-state index contributed by atoms with van der Waals surface area (Å²) in [5, 5.41) is -0.809. The Kier molecular flexibility index (Phi) is 4.23. The standard InChI is InChI=1S/C12H13BrClNO3S/c1-8(9-3-2-4-10(13)5-9)15-7-11(6-12(15)16)19(14,17)18/h2-5,8,11H,6-7H2,1H3. The zero-order chi connectivity index (χ0) is 14.2. The summed E-state index contributed by atoms with van der Waals surface area (Å²) in [6.07, 6.45) is -0.0375. The van der Waals surface area contributed by atoms with Crippen LogP contribution in [0, 0.1) is 0 Å². The molecule has 1 aliphatic rings. The highest BCUT2D eigenvalue weighted by Gasteiger charge is 2.39. The van der Waals surface area contributed by atoms with Gasteiger partial charge in [0.15, 0.2) is 0 Å². The number of likely N-dealkylation sites (tertiary alicyclic amines) is 1. The van der Waals surface area contributed by atoms with Gasteiger partial charge in [0.25, 0.3) is 0 Å². The molecule has 1 amide bonds. The SMILES string of the molecule is CC(c1cccc(Br)c1)N1CC(S(=O)(=O)Cl)CC1=O. The normalized spacial score (nSPS) is 21.7. The second-order valence-corrected chi connectivity index (χ2v) is 8.40. The molecule has 1 saturated heterocycles. The molecule has 104 valence electrons. The number of rotatable bonds is 3. The second-order valence-electron chi connectivity index (χ2n) is 4.58. The average Bonchev–Trinajstić information content (AvgIpc) is 2.70. The fourth-order valence-electron chi connectivity index (χ4n) is 2.21. The van der Waals surface area contributed by atoms with Crippen LogP contribution in [0.15, 0.2) is 28.7 Å². The molecule has 0 aromatic heterocycles. The lowest BCUT2D eigenvalue weighted by Gasteiger charge is -2.25. The third-order valence-electron chi connectivity index (χ3n) is 3.32. The lowest BCUT2D eigenvalue weighted by Crippen LogP contribution is -2.30. The minimum atomic E-state index is -3.69. The molecule has 1 aromatic carbocycles. The first-order valence-electron chi connectivity index (χ1n) is 5.77.